The lowest BCUT2D eigenvalue weighted by Gasteiger charge is -2.22. The van der Waals surface area contributed by atoms with Gasteiger partial charge in [-0.3, -0.25) is 0 Å². The monoisotopic (exact) mass is 296 g/mol. The Morgan fingerprint density at radius 3 is 2.94 bits per heavy atom. The van der Waals surface area contributed by atoms with Gasteiger partial charge in [-0.15, -0.1) is 0 Å². The molecule has 17 heavy (non-hydrogen) atoms. The van der Waals surface area contributed by atoms with Crippen LogP contribution in [0.25, 0.3) is 0 Å². The van der Waals surface area contributed by atoms with Crippen molar-refractivity contribution >= 4 is 21.6 Å². The summed E-state index contributed by atoms with van der Waals surface area (Å²) < 4.78 is 1.19. The molecular weight excluding hydrogens is 276 g/mol. The van der Waals surface area contributed by atoms with Gasteiger partial charge in [0.05, 0.1) is 0 Å². The molecule has 1 fully saturated rings. The molecule has 0 aliphatic carbocycles. The van der Waals surface area contributed by atoms with Crippen LogP contribution in [0.5, 0.6) is 0 Å². The van der Waals surface area contributed by atoms with E-state index in [0.29, 0.717) is 0 Å². The zero-order chi connectivity index (χ0) is 12.3. The van der Waals surface area contributed by atoms with Gasteiger partial charge in [-0.2, -0.15) is 0 Å². The topological polar surface area (TPSA) is 15.3 Å². The number of hydrogen-bond donors (Lipinski definition) is 1. The highest BCUT2D eigenvalue weighted by molar-refractivity contribution is 9.10. The largest absolute Gasteiger partial charge is 0.375 e. The maximum Gasteiger partial charge on any atom is 0.0367 e. The first-order chi connectivity index (χ1) is 8.16. The normalized spacial score (nSPS) is 19.6. The van der Waals surface area contributed by atoms with Crippen molar-refractivity contribution in [1.29, 1.82) is 0 Å². The summed E-state index contributed by atoms with van der Waals surface area (Å²) >= 11 is 3.54. The van der Waals surface area contributed by atoms with Crippen LogP contribution in [0.1, 0.15) is 24.8 Å². The molecule has 0 amide bonds. The third-order valence-electron chi connectivity index (χ3n) is 3.56. The SMILES string of the molecule is Cc1cc(N(C)CCC2CCCN2)ccc1Br. The van der Waals surface area contributed by atoms with Crippen molar-refractivity contribution in [3.63, 3.8) is 0 Å². The van der Waals surface area contributed by atoms with Crippen LogP contribution >= 0.6 is 15.9 Å². The molecule has 1 N–H and O–H groups in total. The van der Waals surface area contributed by atoms with E-state index in [-0.39, 0.29) is 0 Å². The highest BCUT2D eigenvalue weighted by Crippen LogP contribution is 2.22. The zero-order valence-corrected chi connectivity index (χ0v) is 12.3. The molecule has 1 unspecified atom stereocenters. The van der Waals surface area contributed by atoms with Crippen molar-refractivity contribution in [3.05, 3.63) is 28.2 Å². The van der Waals surface area contributed by atoms with Crippen molar-refractivity contribution in [2.75, 3.05) is 25.0 Å². The van der Waals surface area contributed by atoms with Crippen LogP contribution in [0.4, 0.5) is 5.69 Å². The molecule has 3 heteroatoms. The number of nitrogens with zero attached hydrogens (tertiary/aromatic N) is 1. The van der Waals surface area contributed by atoms with E-state index in [9.17, 15) is 0 Å². The molecule has 0 spiro atoms. The molecule has 1 aliphatic rings. The standard InChI is InChI=1S/C14H21BrN2/c1-11-10-13(5-6-14(11)15)17(2)9-7-12-4-3-8-16-12/h5-6,10,12,16H,3-4,7-9H2,1-2H3. The zero-order valence-electron chi connectivity index (χ0n) is 10.7. The number of rotatable bonds is 4. The highest BCUT2D eigenvalue weighted by atomic mass is 79.9. The van der Waals surface area contributed by atoms with Crippen LogP contribution in [0.3, 0.4) is 0 Å². The summed E-state index contributed by atoms with van der Waals surface area (Å²) in [5.74, 6) is 0. The number of hydrogen-bond acceptors (Lipinski definition) is 2. The molecule has 0 saturated carbocycles. The first kappa shape index (κ1) is 12.9. The second-order valence-electron chi connectivity index (χ2n) is 4.94. The molecule has 0 aromatic heterocycles. The fourth-order valence-corrected chi connectivity index (χ4v) is 2.59. The predicted octanol–water partition coefficient (Wildman–Crippen LogP) is 3.34. The van der Waals surface area contributed by atoms with E-state index in [4.69, 9.17) is 0 Å². The average Bonchev–Trinajstić information content (AvgIpc) is 2.82. The Bertz CT molecular complexity index is 372. The third-order valence-corrected chi connectivity index (χ3v) is 4.45. The van der Waals surface area contributed by atoms with Crippen molar-refractivity contribution in [2.45, 2.75) is 32.2 Å². The Morgan fingerprint density at radius 2 is 2.29 bits per heavy atom. The lowest BCUT2D eigenvalue weighted by Crippen LogP contribution is -2.28. The quantitative estimate of drug-likeness (QED) is 0.917. The van der Waals surface area contributed by atoms with Gasteiger partial charge in [0.2, 0.25) is 0 Å². The van der Waals surface area contributed by atoms with E-state index in [2.05, 4.69) is 58.3 Å². The van der Waals surface area contributed by atoms with Crippen LogP contribution in [-0.2, 0) is 0 Å². The van der Waals surface area contributed by atoms with Crippen LogP contribution in [0, 0.1) is 6.92 Å². The van der Waals surface area contributed by atoms with E-state index in [1.54, 1.807) is 0 Å². The Labute approximate surface area is 113 Å². The van der Waals surface area contributed by atoms with Crippen LogP contribution < -0.4 is 10.2 Å². The van der Waals surface area contributed by atoms with E-state index in [1.807, 2.05) is 0 Å². The van der Waals surface area contributed by atoms with E-state index >= 15 is 0 Å². The van der Waals surface area contributed by atoms with Gasteiger partial charge >= 0.3 is 0 Å². The minimum absolute atomic E-state index is 0.731. The Morgan fingerprint density at radius 1 is 1.47 bits per heavy atom. The Kier molecular flexibility index (Phi) is 4.46. The summed E-state index contributed by atoms with van der Waals surface area (Å²) in [5, 5.41) is 3.55. The van der Waals surface area contributed by atoms with E-state index in [0.717, 1.165) is 12.6 Å². The summed E-state index contributed by atoms with van der Waals surface area (Å²) in [4.78, 5) is 2.35. The fourth-order valence-electron chi connectivity index (χ4n) is 2.35. The van der Waals surface area contributed by atoms with Crippen LogP contribution in [0.2, 0.25) is 0 Å². The molecule has 2 rings (SSSR count). The van der Waals surface area contributed by atoms with Gasteiger partial charge in [-0.05, 0) is 56.5 Å². The fraction of sp³-hybridized carbons (Fsp3) is 0.571. The molecule has 1 saturated heterocycles. The summed E-state index contributed by atoms with van der Waals surface area (Å²) in [5.41, 5.74) is 2.61. The van der Waals surface area contributed by atoms with Gasteiger partial charge in [-0.25, -0.2) is 0 Å². The molecule has 0 bridgehead atoms. The lowest BCUT2D eigenvalue weighted by atomic mass is 10.1. The van der Waals surface area contributed by atoms with Gasteiger partial charge < -0.3 is 10.2 Å². The lowest BCUT2D eigenvalue weighted by molar-refractivity contribution is 0.559. The molecule has 2 nitrogen and oxygen atoms in total. The second-order valence-corrected chi connectivity index (χ2v) is 5.79. The van der Waals surface area contributed by atoms with Crippen molar-refractivity contribution in [3.8, 4) is 0 Å². The first-order valence-electron chi connectivity index (χ1n) is 6.37. The predicted molar refractivity (Wildman–Crippen MR) is 77.8 cm³/mol. The maximum atomic E-state index is 3.55. The van der Waals surface area contributed by atoms with Gasteiger partial charge in [0.1, 0.15) is 0 Å². The molecule has 1 aromatic rings. The molecule has 1 aliphatic heterocycles. The summed E-state index contributed by atoms with van der Waals surface area (Å²) in [6.45, 7) is 4.46. The van der Waals surface area contributed by atoms with Crippen molar-refractivity contribution in [1.82, 2.24) is 5.32 Å². The molecule has 1 atom stereocenters. The number of anilines is 1. The van der Waals surface area contributed by atoms with Crippen molar-refractivity contribution in [2.24, 2.45) is 0 Å². The van der Waals surface area contributed by atoms with Gasteiger partial charge in [0.15, 0.2) is 0 Å². The van der Waals surface area contributed by atoms with Gasteiger partial charge in [0.25, 0.3) is 0 Å². The molecular formula is C14H21BrN2. The summed E-state index contributed by atoms with van der Waals surface area (Å²) in [7, 11) is 2.18. The highest BCUT2D eigenvalue weighted by Gasteiger charge is 2.14. The molecule has 94 valence electrons. The van der Waals surface area contributed by atoms with E-state index < -0.39 is 0 Å². The van der Waals surface area contributed by atoms with Gasteiger partial charge in [0, 0.05) is 29.8 Å². The Hall–Kier alpha value is -0.540. The summed E-state index contributed by atoms with van der Waals surface area (Å²) in [6.07, 6.45) is 3.92. The Balaban J connectivity index is 1.89. The number of halogens is 1. The molecule has 1 heterocycles. The minimum atomic E-state index is 0.731. The minimum Gasteiger partial charge on any atom is -0.375 e. The van der Waals surface area contributed by atoms with Crippen molar-refractivity contribution < 1.29 is 0 Å². The number of benzene rings is 1. The molecule has 1 aromatic carbocycles. The molecule has 0 radical (unpaired) electrons. The van der Waals surface area contributed by atoms with E-state index in [1.165, 1.54) is 41.5 Å². The number of aryl methyl sites for hydroxylation is 1. The average molecular weight is 297 g/mol. The second kappa shape index (κ2) is 5.87. The maximum absolute atomic E-state index is 3.55. The number of nitrogens with one attached hydrogen (secondary N) is 1. The van der Waals surface area contributed by atoms with Crippen LogP contribution in [0.15, 0.2) is 22.7 Å². The van der Waals surface area contributed by atoms with Gasteiger partial charge in [-0.1, -0.05) is 15.9 Å². The summed E-state index contributed by atoms with van der Waals surface area (Å²) in [6, 6.07) is 7.29. The third kappa shape index (κ3) is 3.46. The smallest absolute Gasteiger partial charge is 0.0367 e. The van der Waals surface area contributed by atoms with Crippen LogP contribution in [-0.4, -0.2) is 26.2 Å². The first-order valence-corrected chi connectivity index (χ1v) is 7.17.